The van der Waals surface area contributed by atoms with Gasteiger partial charge in [-0.1, -0.05) is 0 Å². The van der Waals surface area contributed by atoms with E-state index in [4.69, 9.17) is 16.4 Å². The van der Waals surface area contributed by atoms with E-state index in [1.54, 1.807) is 6.07 Å². The van der Waals surface area contributed by atoms with Gasteiger partial charge in [0.1, 0.15) is 11.8 Å². The average Bonchev–Trinajstić information content (AvgIpc) is 2.97. The van der Waals surface area contributed by atoms with E-state index in [9.17, 15) is 17.6 Å². The van der Waals surface area contributed by atoms with Crippen LogP contribution in [0.15, 0.2) is 35.6 Å². The quantitative estimate of drug-likeness (QED) is 0.343. The molecule has 0 aliphatic rings. The van der Waals surface area contributed by atoms with Gasteiger partial charge in [-0.25, -0.2) is 9.07 Å². The fraction of sp³-hybridized carbons (Fsp3) is 0.0769. The molecular formula is C13H9F4N7. The SMILES string of the molecule is N#C/C(=N\Nc1ccc(-n2ccc(C(F)(F)F)n2)c(F)c1)C(=N)N. The van der Waals surface area contributed by atoms with Crippen LogP contribution in [0.2, 0.25) is 0 Å². The Labute approximate surface area is 132 Å². The van der Waals surface area contributed by atoms with Crippen molar-refractivity contribution in [3.63, 3.8) is 0 Å². The maximum absolute atomic E-state index is 14.0. The molecule has 0 radical (unpaired) electrons. The highest BCUT2D eigenvalue weighted by Gasteiger charge is 2.33. The standard InChI is InChI=1S/C13H9F4N7/c14-8-5-7(21-22-9(6-18)12(19)20)1-2-10(8)24-4-3-11(23-24)13(15,16)17/h1-5,21H,(H3,19,20)/b22-9+. The Morgan fingerprint density at radius 1 is 1.38 bits per heavy atom. The molecule has 1 aromatic heterocycles. The summed E-state index contributed by atoms with van der Waals surface area (Å²) in [6, 6.07) is 5.73. The lowest BCUT2D eigenvalue weighted by Gasteiger charge is -2.07. The van der Waals surface area contributed by atoms with Gasteiger partial charge in [0.2, 0.25) is 5.71 Å². The molecule has 0 unspecified atom stereocenters. The molecule has 124 valence electrons. The van der Waals surface area contributed by atoms with Gasteiger partial charge in [0.05, 0.1) is 5.69 Å². The second kappa shape index (κ2) is 6.37. The van der Waals surface area contributed by atoms with Crippen molar-refractivity contribution in [2.24, 2.45) is 10.8 Å². The van der Waals surface area contributed by atoms with Gasteiger partial charge >= 0.3 is 6.18 Å². The monoisotopic (exact) mass is 339 g/mol. The van der Waals surface area contributed by atoms with Crippen molar-refractivity contribution in [2.75, 3.05) is 5.43 Å². The second-order valence-electron chi connectivity index (χ2n) is 4.41. The van der Waals surface area contributed by atoms with Crippen molar-refractivity contribution in [3.8, 4) is 11.8 Å². The van der Waals surface area contributed by atoms with Gasteiger partial charge in [0.15, 0.2) is 17.3 Å². The number of hydrazone groups is 1. The number of nitrogens with two attached hydrogens (primary N) is 1. The summed E-state index contributed by atoms with van der Waals surface area (Å²) in [7, 11) is 0. The zero-order valence-corrected chi connectivity index (χ0v) is 11.8. The Balaban J connectivity index is 2.26. The van der Waals surface area contributed by atoms with Crippen molar-refractivity contribution >= 4 is 17.2 Å². The summed E-state index contributed by atoms with van der Waals surface area (Å²) in [5, 5.41) is 22.5. The molecule has 24 heavy (non-hydrogen) atoms. The third-order valence-corrected chi connectivity index (χ3v) is 2.73. The first-order valence-corrected chi connectivity index (χ1v) is 6.23. The van der Waals surface area contributed by atoms with Crippen LogP contribution >= 0.6 is 0 Å². The number of hydrogen-bond acceptors (Lipinski definition) is 5. The minimum atomic E-state index is -4.63. The van der Waals surface area contributed by atoms with Gasteiger partial charge in [0.25, 0.3) is 0 Å². The van der Waals surface area contributed by atoms with Crippen LogP contribution in [-0.2, 0) is 6.18 Å². The Hall–Kier alpha value is -3.42. The molecule has 0 atom stereocenters. The summed E-state index contributed by atoms with van der Waals surface area (Å²) in [5.41, 5.74) is 5.77. The maximum Gasteiger partial charge on any atom is 0.435 e. The van der Waals surface area contributed by atoms with Crippen LogP contribution in [0, 0.1) is 22.6 Å². The molecule has 0 bridgehead atoms. The lowest BCUT2D eigenvalue weighted by Crippen LogP contribution is -2.21. The topological polar surface area (TPSA) is 116 Å². The molecule has 2 aromatic rings. The van der Waals surface area contributed by atoms with E-state index in [-0.39, 0.29) is 11.4 Å². The molecule has 0 saturated heterocycles. The number of aromatic nitrogens is 2. The number of amidine groups is 1. The van der Waals surface area contributed by atoms with Crippen molar-refractivity contribution in [2.45, 2.75) is 6.18 Å². The molecular weight excluding hydrogens is 330 g/mol. The molecule has 7 nitrogen and oxygen atoms in total. The lowest BCUT2D eigenvalue weighted by atomic mass is 10.2. The largest absolute Gasteiger partial charge is 0.435 e. The zero-order valence-electron chi connectivity index (χ0n) is 11.8. The molecule has 1 heterocycles. The number of hydrogen-bond donors (Lipinski definition) is 3. The molecule has 0 saturated carbocycles. The highest BCUT2D eigenvalue weighted by molar-refractivity contribution is 6.45. The minimum absolute atomic E-state index is 0.105. The van der Waals surface area contributed by atoms with E-state index in [0.717, 1.165) is 23.0 Å². The molecule has 0 aliphatic carbocycles. The molecule has 0 fully saturated rings. The number of anilines is 1. The van der Waals surface area contributed by atoms with Gasteiger partial charge < -0.3 is 5.73 Å². The molecule has 0 aliphatic heterocycles. The first-order chi connectivity index (χ1) is 11.2. The highest BCUT2D eigenvalue weighted by Crippen LogP contribution is 2.28. The number of halogens is 4. The summed E-state index contributed by atoms with van der Waals surface area (Å²) in [4.78, 5) is 0. The zero-order chi connectivity index (χ0) is 17.9. The van der Waals surface area contributed by atoms with Crippen molar-refractivity contribution < 1.29 is 17.6 Å². The minimum Gasteiger partial charge on any atom is -0.382 e. The smallest absolute Gasteiger partial charge is 0.382 e. The first-order valence-electron chi connectivity index (χ1n) is 6.23. The van der Waals surface area contributed by atoms with Crippen LogP contribution < -0.4 is 11.2 Å². The fourth-order valence-electron chi connectivity index (χ4n) is 1.64. The Morgan fingerprint density at radius 3 is 2.58 bits per heavy atom. The summed E-state index contributed by atoms with van der Waals surface area (Å²) in [6.45, 7) is 0. The van der Waals surface area contributed by atoms with Gasteiger partial charge in [0, 0.05) is 12.3 Å². The van der Waals surface area contributed by atoms with Gasteiger partial charge in [-0.15, -0.1) is 0 Å². The number of nitrogens with one attached hydrogen (secondary N) is 2. The summed E-state index contributed by atoms with van der Waals surface area (Å²) >= 11 is 0. The van der Waals surface area contributed by atoms with Crippen LogP contribution in [-0.4, -0.2) is 21.3 Å². The summed E-state index contributed by atoms with van der Waals surface area (Å²) < 4.78 is 52.3. The van der Waals surface area contributed by atoms with E-state index >= 15 is 0 Å². The van der Waals surface area contributed by atoms with E-state index in [1.165, 1.54) is 12.1 Å². The second-order valence-corrected chi connectivity index (χ2v) is 4.41. The summed E-state index contributed by atoms with van der Waals surface area (Å²) in [5.74, 6) is -1.44. The average molecular weight is 339 g/mol. The number of benzene rings is 1. The van der Waals surface area contributed by atoms with Crippen molar-refractivity contribution in [1.29, 1.82) is 10.7 Å². The van der Waals surface area contributed by atoms with E-state index in [0.29, 0.717) is 0 Å². The summed E-state index contributed by atoms with van der Waals surface area (Å²) in [6.07, 6.45) is -3.64. The lowest BCUT2D eigenvalue weighted by molar-refractivity contribution is -0.141. The van der Waals surface area contributed by atoms with Crippen LogP contribution in [0.4, 0.5) is 23.2 Å². The molecule has 11 heteroatoms. The van der Waals surface area contributed by atoms with Crippen LogP contribution in [0.1, 0.15) is 5.69 Å². The van der Waals surface area contributed by atoms with E-state index < -0.39 is 29.2 Å². The van der Waals surface area contributed by atoms with Gasteiger partial charge in [-0.05, 0) is 18.2 Å². The third kappa shape index (κ3) is 3.67. The molecule has 2 rings (SSSR count). The van der Waals surface area contributed by atoms with Gasteiger partial charge in [-0.2, -0.15) is 28.6 Å². The molecule has 1 aromatic carbocycles. The third-order valence-electron chi connectivity index (χ3n) is 2.73. The predicted octanol–water partition coefficient (Wildman–Crippen LogP) is 2.26. The Bertz CT molecular complexity index is 845. The Morgan fingerprint density at radius 2 is 2.08 bits per heavy atom. The van der Waals surface area contributed by atoms with Crippen LogP contribution in [0.5, 0.6) is 0 Å². The number of nitriles is 1. The van der Waals surface area contributed by atoms with Crippen molar-refractivity contribution in [3.05, 3.63) is 42.0 Å². The number of alkyl halides is 3. The molecule has 0 spiro atoms. The van der Waals surface area contributed by atoms with Crippen molar-refractivity contribution in [1.82, 2.24) is 9.78 Å². The predicted molar refractivity (Wildman–Crippen MR) is 77.1 cm³/mol. The molecule has 4 N–H and O–H groups in total. The highest BCUT2D eigenvalue weighted by atomic mass is 19.4. The Kier molecular flexibility index (Phi) is 4.50. The fourth-order valence-corrected chi connectivity index (χ4v) is 1.64. The van der Waals surface area contributed by atoms with Gasteiger partial charge in [-0.3, -0.25) is 10.8 Å². The number of rotatable bonds is 4. The van der Waals surface area contributed by atoms with Crippen LogP contribution in [0.3, 0.4) is 0 Å². The van der Waals surface area contributed by atoms with E-state index in [1.807, 2.05) is 0 Å². The first kappa shape index (κ1) is 16.9. The van der Waals surface area contributed by atoms with Crippen LogP contribution in [0.25, 0.3) is 5.69 Å². The number of nitrogens with zero attached hydrogens (tertiary/aromatic N) is 4. The maximum atomic E-state index is 14.0. The normalized spacial score (nSPS) is 11.9. The molecule has 0 amide bonds. The van der Waals surface area contributed by atoms with E-state index in [2.05, 4.69) is 15.6 Å².